The Bertz CT molecular complexity index is 688. The fourth-order valence-electron chi connectivity index (χ4n) is 3.45. The van der Waals surface area contributed by atoms with Gasteiger partial charge in [-0.1, -0.05) is 6.92 Å². The molecule has 0 N–H and O–H groups in total. The van der Waals surface area contributed by atoms with Crippen molar-refractivity contribution >= 4 is 27.3 Å². The van der Waals surface area contributed by atoms with E-state index in [0.717, 1.165) is 43.7 Å². The van der Waals surface area contributed by atoms with Gasteiger partial charge in [-0.15, -0.1) is 11.3 Å². The molecule has 128 valence electrons. The fraction of sp³-hybridized carbons (Fsp3) is 0.714. The molecule has 0 aliphatic carbocycles. The summed E-state index contributed by atoms with van der Waals surface area (Å²) < 4.78 is 32.5. The molecule has 0 radical (unpaired) electrons. The molecule has 3 heterocycles. The number of carbonyl (C=O) groups is 1. The van der Waals surface area contributed by atoms with Crippen molar-refractivity contribution in [2.75, 3.05) is 26.7 Å². The molecule has 7 nitrogen and oxygen atoms in total. The van der Waals surface area contributed by atoms with Crippen LogP contribution in [0.4, 0.5) is 0 Å². The minimum absolute atomic E-state index is 0.00533. The van der Waals surface area contributed by atoms with Crippen LogP contribution in [-0.4, -0.2) is 67.4 Å². The number of nitrogens with zero attached hydrogens (tertiary/aromatic N) is 3. The molecule has 3 rings (SSSR count). The molecule has 2 fully saturated rings. The zero-order valence-electron chi connectivity index (χ0n) is 13.3. The van der Waals surface area contributed by atoms with Crippen LogP contribution in [0.2, 0.25) is 0 Å². The Morgan fingerprint density at radius 2 is 2.26 bits per heavy atom. The van der Waals surface area contributed by atoms with Crippen molar-refractivity contribution in [2.24, 2.45) is 0 Å². The fourth-order valence-corrected chi connectivity index (χ4v) is 6.42. The van der Waals surface area contributed by atoms with Gasteiger partial charge in [0.2, 0.25) is 0 Å². The van der Waals surface area contributed by atoms with Crippen molar-refractivity contribution in [3.63, 3.8) is 0 Å². The Hall–Kier alpha value is -1.03. The molecule has 0 bridgehead atoms. The number of methoxy groups -OCH3 is 1. The number of sulfonamides is 1. The lowest BCUT2D eigenvalue weighted by Crippen LogP contribution is -2.57. The van der Waals surface area contributed by atoms with Gasteiger partial charge in [0.1, 0.15) is 0 Å². The zero-order chi connectivity index (χ0) is 16.6. The van der Waals surface area contributed by atoms with Crippen LogP contribution in [0, 0.1) is 0 Å². The third-order valence-electron chi connectivity index (χ3n) is 4.67. The Morgan fingerprint density at radius 3 is 2.96 bits per heavy atom. The lowest BCUT2D eigenvalue weighted by molar-refractivity contribution is 0.0590. The Labute approximate surface area is 140 Å². The van der Waals surface area contributed by atoms with Crippen molar-refractivity contribution in [1.82, 2.24) is 14.2 Å². The molecule has 1 aromatic rings. The van der Waals surface area contributed by atoms with E-state index in [1.807, 2.05) is 6.92 Å². The summed E-state index contributed by atoms with van der Waals surface area (Å²) >= 11 is 0.976. The standard InChI is InChI=1S/C14H21N3O4S2/c1-3-10-7-16-6-4-5-11(16)8-17(10)23(19,20)14-12(13(18)21-2)15-9-22-14/h9-11H,3-8H2,1-2H3. The molecule has 9 heteroatoms. The highest BCUT2D eigenvalue weighted by Gasteiger charge is 2.43. The lowest BCUT2D eigenvalue weighted by atomic mass is 10.1. The van der Waals surface area contributed by atoms with Crippen LogP contribution in [0.15, 0.2) is 9.72 Å². The van der Waals surface area contributed by atoms with E-state index < -0.39 is 16.0 Å². The lowest BCUT2D eigenvalue weighted by Gasteiger charge is -2.42. The SMILES string of the molecule is CCC1CN2CCCC2CN1S(=O)(=O)c1scnc1C(=O)OC. The molecule has 2 saturated heterocycles. The molecule has 0 saturated carbocycles. The summed E-state index contributed by atoms with van der Waals surface area (Å²) in [5.74, 6) is -0.711. The van der Waals surface area contributed by atoms with Gasteiger partial charge in [0.25, 0.3) is 10.0 Å². The second-order valence-corrected chi connectivity index (χ2v) is 8.85. The molecular formula is C14H21N3O4S2. The summed E-state index contributed by atoms with van der Waals surface area (Å²) in [6, 6.07) is 0.212. The monoisotopic (exact) mass is 359 g/mol. The topological polar surface area (TPSA) is 79.8 Å². The number of hydrogen-bond donors (Lipinski definition) is 0. The van der Waals surface area contributed by atoms with Crippen LogP contribution in [-0.2, 0) is 14.8 Å². The maximum atomic E-state index is 13.1. The number of hydrogen-bond acceptors (Lipinski definition) is 7. The first-order chi connectivity index (χ1) is 11.0. The maximum Gasteiger partial charge on any atom is 0.358 e. The van der Waals surface area contributed by atoms with E-state index in [0.29, 0.717) is 6.54 Å². The average molecular weight is 359 g/mol. The molecule has 2 unspecified atom stereocenters. The molecule has 0 spiro atoms. The minimum Gasteiger partial charge on any atom is -0.464 e. The van der Waals surface area contributed by atoms with E-state index in [9.17, 15) is 13.2 Å². The molecular weight excluding hydrogens is 338 g/mol. The van der Waals surface area contributed by atoms with E-state index in [4.69, 9.17) is 0 Å². The molecule has 2 atom stereocenters. The number of thiazole rings is 1. The van der Waals surface area contributed by atoms with Gasteiger partial charge in [0, 0.05) is 25.2 Å². The highest BCUT2D eigenvalue weighted by molar-refractivity contribution is 7.91. The first-order valence-corrected chi connectivity index (χ1v) is 10.1. The van der Waals surface area contributed by atoms with Gasteiger partial charge >= 0.3 is 5.97 Å². The third-order valence-corrected chi connectivity index (χ3v) is 7.94. The Kier molecular flexibility index (Phi) is 4.73. The minimum atomic E-state index is -3.74. The van der Waals surface area contributed by atoms with Gasteiger partial charge in [0.15, 0.2) is 9.90 Å². The number of aromatic nitrogens is 1. The number of rotatable bonds is 4. The molecule has 0 aromatic carbocycles. The van der Waals surface area contributed by atoms with Gasteiger partial charge in [-0.3, -0.25) is 4.90 Å². The van der Waals surface area contributed by atoms with Crippen LogP contribution in [0.3, 0.4) is 0 Å². The average Bonchev–Trinajstić information content (AvgIpc) is 3.21. The number of esters is 1. The van der Waals surface area contributed by atoms with E-state index in [1.54, 1.807) is 4.31 Å². The second kappa shape index (κ2) is 6.46. The van der Waals surface area contributed by atoms with Gasteiger partial charge in [-0.2, -0.15) is 4.31 Å². The largest absolute Gasteiger partial charge is 0.464 e. The Balaban J connectivity index is 1.95. The number of carbonyl (C=O) groups excluding carboxylic acids is 1. The Morgan fingerprint density at radius 1 is 1.48 bits per heavy atom. The molecule has 0 amide bonds. The van der Waals surface area contributed by atoms with Gasteiger partial charge in [-0.25, -0.2) is 18.2 Å². The highest BCUT2D eigenvalue weighted by atomic mass is 32.2. The van der Waals surface area contributed by atoms with Crippen molar-refractivity contribution in [1.29, 1.82) is 0 Å². The predicted octanol–water partition coefficient (Wildman–Crippen LogP) is 1.18. The smallest absolute Gasteiger partial charge is 0.358 e. The van der Waals surface area contributed by atoms with Crippen LogP contribution in [0.1, 0.15) is 36.7 Å². The summed E-state index contributed by atoms with van der Waals surface area (Å²) in [7, 11) is -2.52. The maximum absolute atomic E-state index is 13.1. The van der Waals surface area contributed by atoms with Crippen molar-refractivity contribution in [3.05, 3.63) is 11.2 Å². The first-order valence-electron chi connectivity index (χ1n) is 7.76. The number of piperazine rings is 1. The summed E-state index contributed by atoms with van der Waals surface area (Å²) in [4.78, 5) is 18.1. The van der Waals surface area contributed by atoms with Crippen LogP contribution in [0.25, 0.3) is 0 Å². The van der Waals surface area contributed by atoms with Crippen LogP contribution in [0.5, 0.6) is 0 Å². The molecule has 23 heavy (non-hydrogen) atoms. The van der Waals surface area contributed by atoms with Crippen molar-refractivity contribution < 1.29 is 17.9 Å². The van der Waals surface area contributed by atoms with Gasteiger partial charge in [0.05, 0.1) is 12.6 Å². The van der Waals surface area contributed by atoms with Crippen molar-refractivity contribution in [3.8, 4) is 0 Å². The summed E-state index contributed by atoms with van der Waals surface area (Å²) in [5.41, 5.74) is 1.27. The van der Waals surface area contributed by atoms with E-state index in [-0.39, 0.29) is 22.0 Å². The first kappa shape index (κ1) is 16.8. The van der Waals surface area contributed by atoms with E-state index >= 15 is 0 Å². The normalized spacial score (nSPS) is 26.2. The van der Waals surface area contributed by atoms with Crippen LogP contribution < -0.4 is 0 Å². The number of fused-ring (bicyclic) bond motifs is 1. The summed E-state index contributed by atoms with van der Waals surface area (Å²) in [5, 5.41) is 0. The van der Waals surface area contributed by atoms with Gasteiger partial charge < -0.3 is 4.74 Å². The van der Waals surface area contributed by atoms with E-state index in [2.05, 4.69) is 14.6 Å². The summed E-state index contributed by atoms with van der Waals surface area (Å²) in [6.07, 6.45) is 2.88. The van der Waals surface area contributed by atoms with Crippen LogP contribution >= 0.6 is 11.3 Å². The van der Waals surface area contributed by atoms with Gasteiger partial charge in [-0.05, 0) is 25.8 Å². The van der Waals surface area contributed by atoms with E-state index in [1.165, 1.54) is 12.6 Å². The molecule has 2 aliphatic heterocycles. The summed E-state index contributed by atoms with van der Waals surface area (Å²) in [6.45, 7) is 4.28. The molecule has 2 aliphatic rings. The quantitative estimate of drug-likeness (QED) is 0.751. The predicted molar refractivity (Wildman–Crippen MR) is 86.0 cm³/mol. The van der Waals surface area contributed by atoms with Crippen molar-refractivity contribution in [2.45, 2.75) is 42.5 Å². The zero-order valence-corrected chi connectivity index (χ0v) is 14.9. The second-order valence-electron chi connectivity index (χ2n) is 5.91. The number of ether oxygens (including phenoxy) is 1. The third kappa shape index (κ3) is 2.90. The highest BCUT2D eigenvalue weighted by Crippen LogP contribution is 2.32. The molecule has 1 aromatic heterocycles.